The van der Waals surface area contributed by atoms with Crippen LogP contribution in [0.3, 0.4) is 0 Å². The Bertz CT molecular complexity index is 976. The smallest absolute Gasteiger partial charge is 0.338 e. The third-order valence-corrected chi connectivity index (χ3v) is 6.97. The predicted octanol–water partition coefficient (Wildman–Crippen LogP) is 4.31. The largest absolute Gasteiger partial charge is 0.495 e. The summed E-state index contributed by atoms with van der Waals surface area (Å²) >= 11 is 12.3. The molecule has 2 rings (SSSR count). The number of esters is 1. The van der Waals surface area contributed by atoms with Gasteiger partial charge in [0.15, 0.2) is 0 Å². The highest BCUT2D eigenvalue weighted by Crippen LogP contribution is 2.39. The molecule has 0 aromatic heterocycles. The number of anilines is 1. The highest BCUT2D eigenvalue weighted by Gasteiger charge is 2.30. The summed E-state index contributed by atoms with van der Waals surface area (Å²) in [6, 6.07) is 7.55. The lowest BCUT2D eigenvalue weighted by atomic mass is 10.1. The van der Waals surface area contributed by atoms with Crippen molar-refractivity contribution in [1.82, 2.24) is 0 Å². The van der Waals surface area contributed by atoms with Crippen LogP contribution in [0.25, 0.3) is 0 Å². The van der Waals surface area contributed by atoms with Crippen molar-refractivity contribution in [2.24, 2.45) is 0 Å². The zero-order valence-electron chi connectivity index (χ0n) is 15.2. The minimum atomic E-state index is -4.04. The van der Waals surface area contributed by atoms with E-state index in [-0.39, 0.29) is 32.8 Å². The van der Waals surface area contributed by atoms with Gasteiger partial charge in [-0.05, 0) is 43.7 Å². The number of ether oxygens (including phenoxy) is 2. The lowest BCUT2D eigenvalue weighted by molar-refractivity contribution is 0.0600. The van der Waals surface area contributed by atoms with E-state index in [9.17, 15) is 13.2 Å². The summed E-state index contributed by atoms with van der Waals surface area (Å²) in [5.74, 6) is -0.277. The van der Waals surface area contributed by atoms with Crippen LogP contribution in [-0.2, 0) is 14.8 Å². The molecule has 0 aliphatic rings. The van der Waals surface area contributed by atoms with Gasteiger partial charge in [0.05, 0.1) is 30.5 Å². The average molecular weight is 432 g/mol. The molecule has 0 unspecified atom stereocenters. The summed E-state index contributed by atoms with van der Waals surface area (Å²) in [7, 11) is -1.37. The summed E-state index contributed by atoms with van der Waals surface area (Å²) in [5.41, 5.74) is 1.11. The molecule has 0 fully saturated rings. The van der Waals surface area contributed by atoms with Crippen LogP contribution < -0.4 is 9.04 Å². The number of hydrogen-bond acceptors (Lipinski definition) is 5. The van der Waals surface area contributed by atoms with E-state index in [0.29, 0.717) is 11.3 Å². The van der Waals surface area contributed by atoms with Crippen molar-refractivity contribution < 1.29 is 22.7 Å². The van der Waals surface area contributed by atoms with Crippen molar-refractivity contribution in [1.29, 1.82) is 0 Å². The monoisotopic (exact) mass is 431 g/mol. The van der Waals surface area contributed by atoms with Crippen molar-refractivity contribution in [3.05, 3.63) is 51.5 Å². The first-order chi connectivity index (χ1) is 12.7. The number of halogens is 2. The molecule has 0 aliphatic heterocycles. The Morgan fingerprint density at radius 1 is 1.11 bits per heavy atom. The van der Waals surface area contributed by atoms with Crippen molar-refractivity contribution in [2.45, 2.75) is 18.7 Å². The SMILES string of the molecule is CCN(c1cccc(C(=O)OC)c1C)S(=O)(=O)c1ccc(OC)c(Cl)c1Cl. The first kappa shape index (κ1) is 21.3. The van der Waals surface area contributed by atoms with Crippen molar-refractivity contribution in [2.75, 3.05) is 25.1 Å². The number of sulfonamides is 1. The summed E-state index contributed by atoms with van der Waals surface area (Å²) in [6.45, 7) is 3.46. The second kappa shape index (κ2) is 8.37. The molecule has 0 bridgehead atoms. The maximum atomic E-state index is 13.3. The number of hydrogen-bond donors (Lipinski definition) is 0. The molecule has 0 heterocycles. The number of rotatable bonds is 6. The fraction of sp³-hybridized carbons (Fsp3) is 0.278. The van der Waals surface area contributed by atoms with E-state index in [1.54, 1.807) is 32.0 Å². The summed E-state index contributed by atoms with van der Waals surface area (Å²) in [4.78, 5) is 11.8. The molecule has 27 heavy (non-hydrogen) atoms. The fourth-order valence-corrected chi connectivity index (χ4v) is 5.03. The quantitative estimate of drug-likeness (QED) is 0.636. The standard InChI is InChI=1S/C18H19Cl2NO5S/c1-5-21(13-8-6-7-12(11(13)2)18(22)26-4)27(23,24)15-10-9-14(25-3)16(19)17(15)20/h6-10H,5H2,1-4H3. The van der Waals surface area contributed by atoms with E-state index >= 15 is 0 Å². The summed E-state index contributed by atoms with van der Waals surface area (Å²) in [6.07, 6.45) is 0. The van der Waals surface area contributed by atoms with Crippen LogP contribution in [0.2, 0.25) is 10.0 Å². The number of carbonyl (C=O) groups is 1. The van der Waals surface area contributed by atoms with Crippen LogP contribution in [0.15, 0.2) is 35.2 Å². The molecule has 0 amide bonds. The molecule has 0 saturated carbocycles. The maximum absolute atomic E-state index is 13.3. The van der Waals surface area contributed by atoms with Gasteiger partial charge >= 0.3 is 5.97 Å². The molecule has 9 heteroatoms. The zero-order chi connectivity index (χ0) is 20.4. The lowest BCUT2D eigenvalue weighted by Crippen LogP contribution is -2.32. The highest BCUT2D eigenvalue weighted by molar-refractivity contribution is 7.93. The van der Waals surface area contributed by atoms with E-state index in [0.717, 1.165) is 0 Å². The molecule has 0 aliphatic carbocycles. The zero-order valence-corrected chi connectivity index (χ0v) is 17.6. The first-order valence-electron chi connectivity index (χ1n) is 7.93. The van der Waals surface area contributed by atoms with Gasteiger partial charge in [0.1, 0.15) is 15.7 Å². The van der Waals surface area contributed by atoms with Crippen molar-refractivity contribution in [3.8, 4) is 5.75 Å². The van der Waals surface area contributed by atoms with E-state index in [2.05, 4.69) is 0 Å². The van der Waals surface area contributed by atoms with E-state index in [1.807, 2.05) is 0 Å². The second-order valence-corrected chi connectivity index (χ2v) is 8.09. The van der Waals surface area contributed by atoms with Crippen LogP contribution in [0.5, 0.6) is 5.75 Å². The van der Waals surface area contributed by atoms with Gasteiger partial charge in [0.25, 0.3) is 10.0 Å². The first-order valence-corrected chi connectivity index (χ1v) is 10.1. The molecule has 0 saturated heterocycles. The number of benzene rings is 2. The molecule has 0 radical (unpaired) electrons. The minimum absolute atomic E-state index is 0.0105. The van der Waals surface area contributed by atoms with Gasteiger partial charge in [-0.15, -0.1) is 0 Å². The van der Waals surface area contributed by atoms with Crippen LogP contribution >= 0.6 is 23.2 Å². The van der Waals surface area contributed by atoms with E-state index in [1.165, 1.54) is 30.7 Å². The second-order valence-electron chi connectivity index (χ2n) is 5.50. The Labute approximate surface area is 168 Å². The maximum Gasteiger partial charge on any atom is 0.338 e. The fourth-order valence-electron chi connectivity index (χ4n) is 2.68. The third kappa shape index (κ3) is 3.85. The van der Waals surface area contributed by atoms with Gasteiger partial charge in [0.2, 0.25) is 0 Å². The van der Waals surface area contributed by atoms with Gasteiger partial charge < -0.3 is 9.47 Å². The van der Waals surface area contributed by atoms with Gasteiger partial charge in [-0.1, -0.05) is 29.3 Å². The topological polar surface area (TPSA) is 72.9 Å². The average Bonchev–Trinajstić information content (AvgIpc) is 2.64. The molecule has 2 aromatic rings. The molecule has 146 valence electrons. The number of carbonyl (C=O) groups excluding carboxylic acids is 1. The molecule has 6 nitrogen and oxygen atoms in total. The summed E-state index contributed by atoms with van der Waals surface area (Å²) < 4.78 is 37.5. The van der Waals surface area contributed by atoms with Crippen molar-refractivity contribution in [3.63, 3.8) is 0 Å². The Kier molecular flexibility index (Phi) is 6.62. The molecule has 0 spiro atoms. The number of nitrogens with zero attached hydrogens (tertiary/aromatic N) is 1. The minimum Gasteiger partial charge on any atom is -0.495 e. The molecule has 0 atom stereocenters. The van der Waals surface area contributed by atoms with E-state index in [4.69, 9.17) is 32.7 Å². The Morgan fingerprint density at radius 3 is 2.33 bits per heavy atom. The van der Waals surface area contributed by atoms with Crippen LogP contribution in [0, 0.1) is 6.92 Å². The molecule has 2 aromatic carbocycles. The molecular weight excluding hydrogens is 413 g/mol. The van der Waals surface area contributed by atoms with Gasteiger partial charge in [-0.25, -0.2) is 13.2 Å². The predicted molar refractivity (Wildman–Crippen MR) is 106 cm³/mol. The highest BCUT2D eigenvalue weighted by atomic mass is 35.5. The van der Waals surface area contributed by atoms with Gasteiger partial charge in [-0.2, -0.15) is 0 Å². The number of methoxy groups -OCH3 is 2. The molecular formula is C18H19Cl2NO5S. The van der Waals surface area contributed by atoms with Crippen LogP contribution in [0.1, 0.15) is 22.8 Å². The molecule has 0 N–H and O–H groups in total. The normalized spacial score (nSPS) is 11.2. The Morgan fingerprint density at radius 2 is 1.78 bits per heavy atom. The summed E-state index contributed by atoms with van der Waals surface area (Å²) in [5, 5.41) is -0.118. The van der Waals surface area contributed by atoms with Crippen LogP contribution in [0.4, 0.5) is 5.69 Å². The lowest BCUT2D eigenvalue weighted by Gasteiger charge is -2.26. The Hall–Kier alpha value is -1.96. The third-order valence-electron chi connectivity index (χ3n) is 4.07. The van der Waals surface area contributed by atoms with Crippen molar-refractivity contribution >= 4 is 44.9 Å². The van der Waals surface area contributed by atoms with Crippen LogP contribution in [-0.4, -0.2) is 35.2 Å². The van der Waals surface area contributed by atoms with Gasteiger partial charge in [-0.3, -0.25) is 4.31 Å². The van der Waals surface area contributed by atoms with Gasteiger partial charge in [0, 0.05) is 6.54 Å². The Balaban J connectivity index is 2.65. The van der Waals surface area contributed by atoms with E-state index < -0.39 is 16.0 Å².